The number of amides is 1. The van der Waals surface area contributed by atoms with E-state index in [9.17, 15) is 4.79 Å². The smallest absolute Gasteiger partial charge is 0.270 e. The van der Waals surface area contributed by atoms with Gasteiger partial charge in [-0.1, -0.05) is 13.8 Å². The molecule has 1 heterocycles. The Balaban J connectivity index is 3.27. The third kappa shape index (κ3) is 2.45. The molecule has 0 aliphatic heterocycles. The average molecular weight is 250 g/mol. The monoisotopic (exact) mass is 250 g/mol. The van der Waals surface area contributed by atoms with E-state index >= 15 is 0 Å². The summed E-state index contributed by atoms with van der Waals surface area (Å²) in [5.41, 5.74) is 4.60. The van der Waals surface area contributed by atoms with Crippen molar-refractivity contribution in [2.24, 2.45) is 0 Å². The average Bonchev–Trinajstić information content (AvgIpc) is 2.59. The second-order valence-electron chi connectivity index (χ2n) is 4.86. The van der Waals surface area contributed by atoms with Gasteiger partial charge in [-0.05, 0) is 44.7 Å². The second-order valence-corrected chi connectivity index (χ2v) is 4.86. The highest BCUT2D eigenvalue weighted by Crippen LogP contribution is 2.23. The Morgan fingerprint density at radius 2 is 1.83 bits per heavy atom. The fourth-order valence-electron chi connectivity index (χ4n) is 2.76. The van der Waals surface area contributed by atoms with Gasteiger partial charge < -0.3 is 9.47 Å². The zero-order valence-corrected chi connectivity index (χ0v) is 12.6. The first-order valence-corrected chi connectivity index (χ1v) is 6.93. The largest absolute Gasteiger partial charge is 0.341 e. The van der Waals surface area contributed by atoms with Gasteiger partial charge in [-0.25, -0.2) is 0 Å². The van der Waals surface area contributed by atoms with Crippen LogP contribution in [0.4, 0.5) is 0 Å². The van der Waals surface area contributed by atoms with Crippen LogP contribution >= 0.6 is 0 Å². The van der Waals surface area contributed by atoms with Crippen molar-refractivity contribution >= 4 is 5.91 Å². The van der Waals surface area contributed by atoms with Crippen molar-refractivity contribution in [1.29, 1.82) is 0 Å². The van der Waals surface area contributed by atoms with Crippen molar-refractivity contribution in [2.45, 2.75) is 54.0 Å². The van der Waals surface area contributed by atoms with Gasteiger partial charge in [0.1, 0.15) is 5.69 Å². The lowest BCUT2D eigenvalue weighted by atomic mass is 10.1. The third-order valence-electron chi connectivity index (χ3n) is 3.70. The number of hydrogen-bond donors (Lipinski definition) is 0. The zero-order chi connectivity index (χ0) is 13.9. The van der Waals surface area contributed by atoms with Crippen molar-refractivity contribution < 1.29 is 4.79 Å². The molecule has 0 saturated carbocycles. The van der Waals surface area contributed by atoms with Crippen LogP contribution in [0.25, 0.3) is 0 Å². The summed E-state index contributed by atoms with van der Waals surface area (Å²) in [5, 5.41) is 0. The van der Waals surface area contributed by atoms with Crippen molar-refractivity contribution in [3.8, 4) is 0 Å². The summed E-state index contributed by atoms with van der Waals surface area (Å²) in [6.45, 7) is 12.2. The quantitative estimate of drug-likeness (QED) is 0.788. The number of nitrogens with zero attached hydrogens (tertiary/aromatic N) is 2. The molecule has 102 valence electrons. The fourth-order valence-corrected chi connectivity index (χ4v) is 2.76. The highest BCUT2D eigenvalue weighted by atomic mass is 16.2. The molecule has 0 unspecified atom stereocenters. The molecule has 1 amide bonds. The van der Waals surface area contributed by atoms with E-state index in [0.29, 0.717) is 0 Å². The minimum Gasteiger partial charge on any atom is -0.341 e. The Kier molecular flexibility index (Phi) is 5.00. The lowest BCUT2D eigenvalue weighted by Crippen LogP contribution is -2.30. The van der Waals surface area contributed by atoms with E-state index < -0.39 is 0 Å². The lowest BCUT2D eigenvalue weighted by molar-refractivity contribution is 0.0783. The Morgan fingerprint density at radius 3 is 2.28 bits per heavy atom. The Labute approximate surface area is 111 Å². The molecular formula is C15H26N2O. The van der Waals surface area contributed by atoms with E-state index in [1.807, 2.05) is 11.9 Å². The van der Waals surface area contributed by atoms with Crippen LogP contribution in [0.2, 0.25) is 0 Å². The first-order chi connectivity index (χ1) is 8.49. The van der Waals surface area contributed by atoms with Gasteiger partial charge >= 0.3 is 0 Å². The van der Waals surface area contributed by atoms with Crippen LogP contribution in [0.15, 0.2) is 0 Å². The van der Waals surface area contributed by atoms with Crippen LogP contribution in [0.5, 0.6) is 0 Å². The molecule has 0 N–H and O–H groups in total. The molecule has 0 fully saturated rings. The molecular weight excluding hydrogens is 224 g/mol. The second kappa shape index (κ2) is 6.07. The predicted molar refractivity (Wildman–Crippen MR) is 76.2 cm³/mol. The minimum atomic E-state index is 0.152. The van der Waals surface area contributed by atoms with Gasteiger partial charge in [0.05, 0.1) is 0 Å². The molecule has 0 atom stereocenters. The molecule has 1 rings (SSSR count). The first kappa shape index (κ1) is 14.8. The van der Waals surface area contributed by atoms with E-state index in [0.717, 1.165) is 37.2 Å². The summed E-state index contributed by atoms with van der Waals surface area (Å²) in [6, 6.07) is 0. The highest BCUT2D eigenvalue weighted by Gasteiger charge is 2.22. The molecule has 3 nitrogen and oxygen atoms in total. The Bertz CT molecular complexity index is 432. The summed E-state index contributed by atoms with van der Waals surface area (Å²) >= 11 is 0. The molecule has 0 spiro atoms. The van der Waals surface area contributed by atoms with Gasteiger partial charge in [-0.2, -0.15) is 0 Å². The number of carbonyl (C=O) groups is 1. The Morgan fingerprint density at radius 1 is 1.22 bits per heavy atom. The molecule has 3 heteroatoms. The summed E-state index contributed by atoms with van der Waals surface area (Å²) in [4.78, 5) is 14.3. The number of carbonyl (C=O) groups excluding carboxylic acids is 1. The van der Waals surface area contributed by atoms with Gasteiger partial charge in [-0.15, -0.1) is 0 Å². The van der Waals surface area contributed by atoms with Gasteiger partial charge in [0, 0.05) is 25.8 Å². The lowest BCUT2D eigenvalue weighted by Gasteiger charge is -2.18. The van der Waals surface area contributed by atoms with Crippen molar-refractivity contribution in [3.63, 3.8) is 0 Å². The van der Waals surface area contributed by atoms with Crippen LogP contribution in [0.1, 0.15) is 54.5 Å². The van der Waals surface area contributed by atoms with Crippen molar-refractivity contribution in [3.05, 3.63) is 22.5 Å². The summed E-state index contributed by atoms with van der Waals surface area (Å²) < 4.78 is 2.16. The van der Waals surface area contributed by atoms with E-state index in [2.05, 4.69) is 39.2 Å². The highest BCUT2D eigenvalue weighted by molar-refractivity contribution is 5.94. The standard InChI is InChI=1S/C15H26N2O/c1-7-10-16(6)15(18)14-11(4)13(8-2)12(5)17(14)9-3/h7-10H2,1-6H3. The van der Waals surface area contributed by atoms with Crippen LogP contribution in [0, 0.1) is 13.8 Å². The van der Waals surface area contributed by atoms with Gasteiger partial charge in [0.25, 0.3) is 5.91 Å². The summed E-state index contributed by atoms with van der Waals surface area (Å²) in [7, 11) is 1.89. The fraction of sp³-hybridized carbons (Fsp3) is 0.667. The van der Waals surface area contributed by atoms with Crippen molar-refractivity contribution in [2.75, 3.05) is 13.6 Å². The van der Waals surface area contributed by atoms with Crippen LogP contribution < -0.4 is 0 Å². The van der Waals surface area contributed by atoms with Crippen LogP contribution in [-0.2, 0) is 13.0 Å². The molecule has 0 radical (unpaired) electrons. The van der Waals surface area contributed by atoms with Gasteiger partial charge in [-0.3, -0.25) is 4.79 Å². The maximum absolute atomic E-state index is 12.5. The summed E-state index contributed by atoms with van der Waals surface area (Å²) in [6.07, 6.45) is 1.98. The molecule has 0 aliphatic carbocycles. The van der Waals surface area contributed by atoms with E-state index in [-0.39, 0.29) is 5.91 Å². The number of rotatable bonds is 5. The van der Waals surface area contributed by atoms with Gasteiger partial charge in [0.2, 0.25) is 0 Å². The van der Waals surface area contributed by atoms with Gasteiger partial charge in [0.15, 0.2) is 0 Å². The molecule has 0 aromatic carbocycles. The van der Waals surface area contributed by atoms with E-state index in [1.54, 1.807) is 0 Å². The molecule has 18 heavy (non-hydrogen) atoms. The molecule has 1 aromatic rings. The molecule has 0 bridgehead atoms. The minimum absolute atomic E-state index is 0.152. The van der Waals surface area contributed by atoms with E-state index in [4.69, 9.17) is 0 Å². The van der Waals surface area contributed by atoms with E-state index in [1.165, 1.54) is 11.3 Å². The molecule has 1 aromatic heterocycles. The third-order valence-corrected chi connectivity index (χ3v) is 3.70. The topological polar surface area (TPSA) is 25.2 Å². The van der Waals surface area contributed by atoms with Crippen molar-refractivity contribution in [1.82, 2.24) is 9.47 Å². The zero-order valence-electron chi connectivity index (χ0n) is 12.6. The maximum atomic E-state index is 12.5. The number of aromatic nitrogens is 1. The Hall–Kier alpha value is -1.25. The first-order valence-electron chi connectivity index (χ1n) is 6.93. The summed E-state index contributed by atoms with van der Waals surface area (Å²) in [5.74, 6) is 0.152. The van der Waals surface area contributed by atoms with Crippen LogP contribution in [-0.4, -0.2) is 29.0 Å². The number of hydrogen-bond acceptors (Lipinski definition) is 1. The molecule has 0 saturated heterocycles. The molecule has 0 aliphatic rings. The predicted octanol–water partition coefficient (Wildman–Crippen LogP) is 3.17. The van der Waals surface area contributed by atoms with Crippen LogP contribution in [0.3, 0.4) is 0 Å². The SMILES string of the molecule is CCCN(C)C(=O)c1c(C)c(CC)c(C)n1CC. The normalized spacial score (nSPS) is 10.8. The maximum Gasteiger partial charge on any atom is 0.270 e.